The average molecular weight is 134 g/mol. The molecule has 0 aromatic heterocycles. The molecule has 9 heavy (non-hydrogen) atoms. The van der Waals surface area contributed by atoms with Crippen molar-refractivity contribution in [3.05, 3.63) is 0 Å². The van der Waals surface area contributed by atoms with E-state index in [9.17, 15) is 0 Å². The Kier molecular flexibility index (Phi) is 20.2. The highest BCUT2D eigenvalue weighted by atomic mass is 14.8. The van der Waals surface area contributed by atoms with Crippen LogP contribution in [0, 0.1) is 0 Å². The summed E-state index contributed by atoms with van der Waals surface area (Å²) >= 11 is 0. The van der Waals surface area contributed by atoms with Crippen LogP contribution in [0.25, 0.3) is 0 Å². The molecule has 0 aliphatic heterocycles. The van der Waals surface area contributed by atoms with Crippen LogP contribution < -0.4 is 22.5 Å². The fourth-order valence-corrected chi connectivity index (χ4v) is 0.144. The minimum Gasteiger partial charge on any atom is -0.329 e. The van der Waals surface area contributed by atoms with Gasteiger partial charge < -0.3 is 22.5 Å². The van der Waals surface area contributed by atoms with Crippen molar-refractivity contribution in [1.29, 1.82) is 0 Å². The summed E-state index contributed by atoms with van der Waals surface area (Å²) in [6.07, 6.45) is 0. The van der Waals surface area contributed by atoms with Crippen LogP contribution in [0.4, 0.5) is 0 Å². The highest BCUT2D eigenvalue weighted by molar-refractivity contribution is 4.33. The van der Waals surface area contributed by atoms with E-state index in [1.807, 2.05) is 7.05 Å². The highest BCUT2D eigenvalue weighted by Gasteiger charge is 1.64. The fraction of sp³-hybridized carbons (Fsp3) is 1.00. The molecule has 0 radical (unpaired) electrons. The molecular formula is C5H18N4. The van der Waals surface area contributed by atoms with Gasteiger partial charge in [0.05, 0.1) is 0 Å². The summed E-state index contributed by atoms with van der Waals surface area (Å²) in [4.78, 5) is 0. The van der Waals surface area contributed by atoms with Gasteiger partial charge in [0.25, 0.3) is 0 Å². The lowest BCUT2D eigenvalue weighted by molar-refractivity contribution is 0.802. The van der Waals surface area contributed by atoms with Gasteiger partial charge in [0.1, 0.15) is 0 Å². The van der Waals surface area contributed by atoms with Crippen LogP contribution >= 0.6 is 0 Å². The van der Waals surface area contributed by atoms with Gasteiger partial charge in [-0.2, -0.15) is 0 Å². The Morgan fingerprint density at radius 1 is 1.00 bits per heavy atom. The van der Waals surface area contributed by atoms with E-state index in [2.05, 4.69) is 5.32 Å². The lowest BCUT2D eigenvalue weighted by Gasteiger charge is -1.85. The van der Waals surface area contributed by atoms with Crippen LogP contribution in [0.3, 0.4) is 0 Å². The van der Waals surface area contributed by atoms with Crippen molar-refractivity contribution < 1.29 is 0 Å². The van der Waals surface area contributed by atoms with E-state index in [1.165, 1.54) is 0 Å². The van der Waals surface area contributed by atoms with Crippen molar-refractivity contribution in [1.82, 2.24) is 5.32 Å². The molecule has 58 valence electrons. The normalized spacial score (nSPS) is 8.00. The van der Waals surface area contributed by atoms with Crippen molar-refractivity contribution in [3.8, 4) is 0 Å². The van der Waals surface area contributed by atoms with Crippen LogP contribution in [-0.2, 0) is 0 Å². The quantitative estimate of drug-likeness (QED) is 0.362. The molecule has 0 unspecified atom stereocenters. The minimum atomic E-state index is 0.597. The predicted octanol–water partition coefficient (Wildman–Crippen LogP) is -1.93. The van der Waals surface area contributed by atoms with E-state index in [1.54, 1.807) is 0 Å². The molecule has 0 spiro atoms. The zero-order chi connectivity index (χ0) is 7.54. The molecule has 0 bridgehead atoms. The molecule has 0 aliphatic rings. The third-order valence-electron chi connectivity index (χ3n) is 0.561. The summed E-state index contributed by atoms with van der Waals surface area (Å²) in [6, 6.07) is 0. The van der Waals surface area contributed by atoms with E-state index in [-0.39, 0.29) is 0 Å². The van der Waals surface area contributed by atoms with Crippen LogP contribution in [0.1, 0.15) is 0 Å². The van der Waals surface area contributed by atoms with Gasteiger partial charge in [-0.15, -0.1) is 0 Å². The van der Waals surface area contributed by atoms with E-state index in [0.29, 0.717) is 13.1 Å². The van der Waals surface area contributed by atoms with Crippen molar-refractivity contribution in [2.75, 3.05) is 33.2 Å². The molecule has 0 fully saturated rings. The maximum atomic E-state index is 5.08. The van der Waals surface area contributed by atoms with Crippen molar-refractivity contribution in [2.45, 2.75) is 0 Å². The molecule has 7 N–H and O–H groups in total. The molecule has 4 heteroatoms. The number of nitrogens with two attached hydrogens (primary N) is 3. The van der Waals surface area contributed by atoms with E-state index < -0.39 is 0 Å². The molecule has 0 aromatic rings. The van der Waals surface area contributed by atoms with Gasteiger partial charge in [0.15, 0.2) is 0 Å². The van der Waals surface area contributed by atoms with Gasteiger partial charge in [-0.25, -0.2) is 0 Å². The van der Waals surface area contributed by atoms with Crippen LogP contribution in [0.15, 0.2) is 0 Å². The first-order valence-electron chi connectivity index (χ1n) is 3.08. The topological polar surface area (TPSA) is 90.1 Å². The monoisotopic (exact) mass is 134 g/mol. The summed E-state index contributed by atoms with van der Waals surface area (Å²) in [5.74, 6) is 0. The first kappa shape index (κ1) is 11.6. The second-order valence-electron chi connectivity index (χ2n) is 1.47. The Bertz CT molecular complexity index is 28.1. The molecule has 0 atom stereocenters. The number of rotatable bonds is 3. The zero-order valence-corrected chi connectivity index (χ0v) is 6.06. The minimum absolute atomic E-state index is 0.597. The maximum Gasteiger partial charge on any atom is 0.00714 e. The zero-order valence-electron chi connectivity index (χ0n) is 6.06. The largest absolute Gasteiger partial charge is 0.329 e. The van der Waals surface area contributed by atoms with Crippen molar-refractivity contribution in [2.24, 2.45) is 17.2 Å². The second kappa shape index (κ2) is 15.7. The first-order valence-corrected chi connectivity index (χ1v) is 3.08. The number of nitrogens with one attached hydrogen (secondary N) is 1. The molecular weight excluding hydrogens is 116 g/mol. The molecule has 0 aliphatic carbocycles. The Morgan fingerprint density at radius 3 is 1.44 bits per heavy atom. The lowest BCUT2D eigenvalue weighted by Crippen LogP contribution is -2.17. The van der Waals surface area contributed by atoms with E-state index in [4.69, 9.17) is 17.2 Å². The summed E-state index contributed by atoms with van der Waals surface area (Å²) in [5, 5.41) is 2.89. The summed E-state index contributed by atoms with van der Waals surface area (Å²) in [7, 11) is 1.88. The number of hydrogen-bond acceptors (Lipinski definition) is 4. The summed E-state index contributed by atoms with van der Waals surface area (Å²) in [6.45, 7) is 2.84. The van der Waals surface area contributed by atoms with Crippen LogP contribution in [0.5, 0.6) is 0 Å². The first-order chi connectivity index (χ1) is 4.33. The molecule has 4 nitrogen and oxygen atoms in total. The molecule has 0 amide bonds. The van der Waals surface area contributed by atoms with Gasteiger partial charge in [-0.05, 0) is 7.05 Å². The fourth-order valence-electron chi connectivity index (χ4n) is 0.144. The Labute approximate surface area is 56.8 Å². The molecule has 0 aromatic carbocycles. The Balaban J connectivity index is 0. The van der Waals surface area contributed by atoms with Crippen molar-refractivity contribution in [3.63, 3.8) is 0 Å². The standard InChI is InChI=1S/C3H10N2.C2H8N2/c1-5-3-2-4;3-1-2-4/h5H,2-4H2,1H3;1-4H2. The third-order valence-corrected chi connectivity index (χ3v) is 0.561. The number of hydrogen-bond donors (Lipinski definition) is 4. The summed E-state index contributed by atoms with van der Waals surface area (Å²) in [5.41, 5.74) is 14.9. The SMILES string of the molecule is CNCCN.NCCN. The molecule has 0 heterocycles. The molecule has 0 rings (SSSR count). The van der Waals surface area contributed by atoms with Gasteiger partial charge >= 0.3 is 0 Å². The average Bonchev–Trinajstić information content (AvgIpc) is 1.91. The van der Waals surface area contributed by atoms with Crippen LogP contribution in [-0.4, -0.2) is 33.2 Å². The third kappa shape index (κ3) is 33.2. The molecule has 0 saturated heterocycles. The summed E-state index contributed by atoms with van der Waals surface area (Å²) < 4.78 is 0. The van der Waals surface area contributed by atoms with Crippen LogP contribution in [0.2, 0.25) is 0 Å². The lowest BCUT2D eigenvalue weighted by atomic mass is 10.7. The van der Waals surface area contributed by atoms with Gasteiger partial charge in [-0.1, -0.05) is 0 Å². The maximum absolute atomic E-state index is 5.08. The highest BCUT2D eigenvalue weighted by Crippen LogP contribution is 1.37. The van der Waals surface area contributed by atoms with Gasteiger partial charge in [0.2, 0.25) is 0 Å². The van der Waals surface area contributed by atoms with E-state index >= 15 is 0 Å². The smallest absolute Gasteiger partial charge is 0.00714 e. The second-order valence-corrected chi connectivity index (χ2v) is 1.47. The van der Waals surface area contributed by atoms with E-state index in [0.717, 1.165) is 13.1 Å². The van der Waals surface area contributed by atoms with Gasteiger partial charge in [0, 0.05) is 26.2 Å². The molecule has 0 saturated carbocycles. The number of likely N-dealkylation sites (N-methyl/N-ethyl adjacent to an activating group) is 1. The van der Waals surface area contributed by atoms with Crippen molar-refractivity contribution >= 4 is 0 Å². The predicted molar refractivity (Wildman–Crippen MR) is 41.1 cm³/mol. The van der Waals surface area contributed by atoms with Gasteiger partial charge in [-0.3, -0.25) is 0 Å². The Morgan fingerprint density at radius 2 is 1.44 bits per heavy atom. The Hall–Kier alpha value is -0.160.